The molecule has 0 aliphatic rings. The molecule has 0 aliphatic heterocycles. The lowest BCUT2D eigenvalue weighted by atomic mass is 10.2. The number of benzene rings is 1. The topological polar surface area (TPSA) is 38.3 Å². The molecule has 1 unspecified atom stereocenters. The van der Waals surface area contributed by atoms with E-state index in [1.807, 2.05) is 0 Å². The summed E-state index contributed by atoms with van der Waals surface area (Å²) < 4.78 is 43.6. The second-order valence-electron chi connectivity index (χ2n) is 3.76. The van der Waals surface area contributed by atoms with E-state index in [1.54, 1.807) is 13.8 Å². The molecule has 18 heavy (non-hydrogen) atoms. The molecule has 1 N–H and O–H groups in total. The van der Waals surface area contributed by atoms with Gasteiger partial charge in [-0.1, -0.05) is 6.92 Å². The van der Waals surface area contributed by atoms with Gasteiger partial charge in [-0.25, -0.2) is 13.2 Å². The van der Waals surface area contributed by atoms with Gasteiger partial charge in [-0.05, 0) is 19.1 Å². The minimum atomic E-state index is -1.54. The van der Waals surface area contributed by atoms with Crippen LogP contribution in [0.4, 0.5) is 18.9 Å². The highest BCUT2D eigenvalue weighted by molar-refractivity contribution is 5.72. The molecule has 0 spiro atoms. The lowest BCUT2D eigenvalue weighted by Crippen LogP contribution is -2.23. The highest BCUT2D eigenvalue weighted by Gasteiger charge is 2.17. The van der Waals surface area contributed by atoms with E-state index in [1.165, 1.54) is 0 Å². The molecule has 1 atom stereocenters. The second kappa shape index (κ2) is 6.28. The molecule has 1 aromatic carbocycles. The number of rotatable bonds is 5. The van der Waals surface area contributed by atoms with E-state index < -0.39 is 29.3 Å². The molecule has 0 radical (unpaired) electrons. The van der Waals surface area contributed by atoms with Crippen molar-refractivity contribution in [2.24, 2.45) is 5.92 Å². The molecule has 0 aromatic heterocycles. The predicted octanol–water partition coefficient (Wildman–Crippen LogP) is 2.72. The van der Waals surface area contributed by atoms with Crippen molar-refractivity contribution in [3.05, 3.63) is 29.6 Å². The Kier molecular flexibility index (Phi) is 5.00. The summed E-state index contributed by atoms with van der Waals surface area (Å²) in [6, 6.07) is 1.89. The number of esters is 1. The van der Waals surface area contributed by atoms with Crippen molar-refractivity contribution in [1.82, 2.24) is 0 Å². The van der Waals surface area contributed by atoms with Crippen LogP contribution in [0.3, 0.4) is 0 Å². The van der Waals surface area contributed by atoms with Crippen LogP contribution in [0.1, 0.15) is 13.8 Å². The number of hydrogen-bond donors (Lipinski definition) is 1. The van der Waals surface area contributed by atoms with Crippen LogP contribution in [0.2, 0.25) is 0 Å². The summed E-state index contributed by atoms with van der Waals surface area (Å²) in [6.07, 6.45) is 0. The van der Waals surface area contributed by atoms with Crippen molar-refractivity contribution >= 4 is 11.7 Å². The molecule has 0 saturated carbocycles. The first-order valence-electron chi connectivity index (χ1n) is 5.51. The van der Waals surface area contributed by atoms with Gasteiger partial charge in [0.15, 0.2) is 17.5 Å². The molecule has 0 saturated heterocycles. The summed E-state index contributed by atoms with van der Waals surface area (Å²) in [5, 5.41) is 2.54. The second-order valence-corrected chi connectivity index (χ2v) is 3.76. The number of halogens is 3. The molecule has 0 bridgehead atoms. The van der Waals surface area contributed by atoms with Crippen LogP contribution in [0, 0.1) is 23.4 Å². The summed E-state index contributed by atoms with van der Waals surface area (Å²) in [5.74, 6) is -5.04. The van der Waals surface area contributed by atoms with E-state index >= 15 is 0 Å². The average Bonchev–Trinajstić information content (AvgIpc) is 2.35. The monoisotopic (exact) mass is 261 g/mol. The molecular formula is C12H14F3NO2. The van der Waals surface area contributed by atoms with Gasteiger partial charge in [0, 0.05) is 6.54 Å². The molecule has 0 fully saturated rings. The van der Waals surface area contributed by atoms with Crippen molar-refractivity contribution in [3.8, 4) is 0 Å². The molecule has 3 nitrogen and oxygen atoms in total. The third-order valence-corrected chi connectivity index (χ3v) is 2.32. The molecular weight excluding hydrogens is 247 g/mol. The number of carbonyl (C=O) groups is 1. The lowest BCUT2D eigenvalue weighted by molar-refractivity contribution is -0.146. The zero-order valence-electron chi connectivity index (χ0n) is 10.1. The molecule has 1 rings (SSSR count). The first-order valence-corrected chi connectivity index (χ1v) is 5.51. The van der Waals surface area contributed by atoms with Crippen LogP contribution in [-0.2, 0) is 9.53 Å². The zero-order chi connectivity index (χ0) is 13.7. The van der Waals surface area contributed by atoms with Gasteiger partial charge in [0.05, 0.1) is 18.2 Å². The van der Waals surface area contributed by atoms with Crippen molar-refractivity contribution < 1.29 is 22.7 Å². The average molecular weight is 261 g/mol. The van der Waals surface area contributed by atoms with Crippen LogP contribution in [0.15, 0.2) is 12.1 Å². The highest BCUT2D eigenvalue weighted by atomic mass is 19.2. The summed E-state index contributed by atoms with van der Waals surface area (Å²) in [7, 11) is 0. The molecule has 0 heterocycles. The third kappa shape index (κ3) is 3.38. The molecule has 6 heteroatoms. The Bertz CT molecular complexity index is 438. The number of hydrogen-bond acceptors (Lipinski definition) is 3. The van der Waals surface area contributed by atoms with Crippen molar-refractivity contribution in [2.45, 2.75) is 13.8 Å². The molecule has 100 valence electrons. The van der Waals surface area contributed by atoms with Gasteiger partial charge in [0.1, 0.15) is 0 Å². The summed E-state index contributed by atoms with van der Waals surface area (Å²) in [5.41, 5.74) is -0.190. The van der Waals surface area contributed by atoms with Crippen molar-refractivity contribution in [1.29, 1.82) is 0 Å². The first-order chi connectivity index (χ1) is 8.47. The Labute approximate surface area is 103 Å². The highest BCUT2D eigenvalue weighted by Crippen LogP contribution is 2.19. The Hall–Kier alpha value is -1.72. The summed E-state index contributed by atoms with van der Waals surface area (Å²) >= 11 is 0. The maximum absolute atomic E-state index is 13.3. The Morgan fingerprint density at radius 3 is 2.61 bits per heavy atom. The number of ether oxygens (including phenoxy) is 1. The number of anilines is 1. The van der Waals surface area contributed by atoms with Gasteiger partial charge in [-0.2, -0.15) is 0 Å². The standard InChI is InChI=1S/C12H14F3NO2/c1-3-18-12(17)7(2)6-16-9-5-4-8(13)10(14)11(9)15/h4-5,7,16H,3,6H2,1-2H3. The smallest absolute Gasteiger partial charge is 0.310 e. The fourth-order valence-corrected chi connectivity index (χ4v) is 1.29. The van der Waals surface area contributed by atoms with Crippen LogP contribution < -0.4 is 5.32 Å². The summed E-state index contributed by atoms with van der Waals surface area (Å²) in [4.78, 5) is 11.3. The van der Waals surface area contributed by atoms with E-state index in [9.17, 15) is 18.0 Å². The van der Waals surface area contributed by atoms with Crippen molar-refractivity contribution in [3.63, 3.8) is 0 Å². The fraction of sp³-hybridized carbons (Fsp3) is 0.417. The van der Waals surface area contributed by atoms with Gasteiger partial charge in [-0.3, -0.25) is 4.79 Å². The first kappa shape index (κ1) is 14.3. The van der Waals surface area contributed by atoms with E-state index in [0.29, 0.717) is 0 Å². The van der Waals surface area contributed by atoms with Crippen molar-refractivity contribution in [2.75, 3.05) is 18.5 Å². The Balaban J connectivity index is 2.64. The lowest BCUT2D eigenvalue weighted by Gasteiger charge is -2.13. The third-order valence-electron chi connectivity index (χ3n) is 2.32. The predicted molar refractivity (Wildman–Crippen MR) is 60.6 cm³/mol. The van der Waals surface area contributed by atoms with E-state index in [2.05, 4.69) is 5.32 Å². The Morgan fingerprint density at radius 2 is 2.00 bits per heavy atom. The quantitative estimate of drug-likeness (QED) is 0.654. The van der Waals surface area contributed by atoms with Crippen LogP contribution >= 0.6 is 0 Å². The van der Waals surface area contributed by atoms with E-state index in [0.717, 1.165) is 12.1 Å². The number of nitrogens with one attached hydrogen (secondary N) is 1. The van der Waals surface area contributed by atoms with Gasteiger partial charge in [-0.15, -0.1) is 0 Å². The van der Waals surface area contributed by atoms with Gasteiger partial charge in [0.2, 0.25) is 0 Å². The van der Waals surface area contributed by atoms with Gasteiger partial charge >= 0.3 is 5.97 Å². The van der Waals surface area contributed by atoms with E-state index in [4.69, 9.17) is 4.74 Å². The summed E-state index contributed by atoms with van der Waals surface area (Å²) in [6.45, 7) is 3.58. The minimum Gasteiger partial charge on any atom is -0.466 e. The molecule has 0 aliphatic carbocycles. The molecule has 0 amide bonds. The maximum Gasteiger partial charge on any atom is 0.310 e. The van der Waals surface area contributed by atoms with E-state index in [-0.39, 0.29) is 18.8 Å². The van der Waals surface area contributed by atoms with Gasteiger partial charge in [0.25, 0.3) is 0 Å². The maximum atomic E-state index is 13.3. The van der Waals surface area contributed by atoms with Crippen LogP contribution in [-0.4, -0.2) is 19.1 Å². The number of carbonyl (C=O) groups excluding carboxylic acids is 1. The fourth-order valence-electron chi connectivity index (χ4n) is 1.29. The van der Waals surface area contributed by atoms with Crippen LogP contribution in [0.25, 0.3) is 0 Å². The molecule has 1 aromatic rings. The normalized spacial score (nSPS) is 12.1. The van der Waals surface area contributed by atoms with Gasteiger partial charge < -0.3 is 10.1 Å². The SMILES string of the molecule is CCOC(=O)C(C)CNc1ccc(F)c(F)c1F. The minimum absolute atomic E-state index is 0.0703. The largest absolute Gasteiger partial charge is 0.466 e. The zero-order valence-corrected chi connectivity index (χ0v) is 10.1. The van der Waals surface area contributed by atoms with Crippen LogP contribution in [0.5, 0.6) is 0 Å². The Morgan fingerprint density at radius 1 is 1.33 bits per heavy atom.